The monoisotopic (exact) mass is 385 g/mol. The summed E-state index contributed by atoms with van der Waals surface area (Å²) in [4.78, 5) is 23.4. The highest BCUT2D eigenvalue weighted by atomic mass is 32.2. The fourth-order valence-corrected chi connectivity index (χ4v) is 3.26. The highest BCUT2D eigenvalue weighted by Gasteiger charge is 2.22. The van der Waals surface area contributed by atoms with Crippen molar-refractivity contribution in [1.29, 1.82) is 0 Å². The average Bonchev–Trinajstić information content (AvgIpc) is 3.09. The van der Waals surface area contributed by atoms with Crippen LogP contribution in [0.15, 0.2) is 42.6 Å². The Morgan fingerprint density at radius 1 is 1.33 bits per heavy atom. The first-order valence-corrected chi connectivity index (χ1v) is 9.75. The molecule has 0 bridgehead atoms. The van der Waals surface area contributed by atoms with Crippen molar-refractivity contribution < 1.29 is 9.72 Å². The van der Waals surface area contributed by atoms with Gasteiger partial charge in [0, 0.05) is 23.4 Å². The van der Waals surface area contributed by atoms with E-state index >= 15 is 0 Å². The number of thioether (sulfide) groups is 1. The molecular formula is C18H19N5O3S. The second kappa shape index (κ2) is 8.17. The Hall–Kier alpha value is -2.94. The molecule has 2 heterocycles. The third kappa shape index (κ3) is 4.08. The van der Waals surface area contributed by atoms with E-state index in [0.29, 0.717) is 23.5 Å². The molecule has 8 nitrogen and oxygen atoms in total. The number of benzene rings is 1. The van der Waals surface area contributed by atoms with Crippen molar-refractivity contribution in [2.75, 3.05) is 12.0 Å². The van der Waals surface area contributed by atoms with E-state index in [9.17, 15) is 14.9 Å². The lowest BCUT2D eigenvalue weighted by Gasteiger charge is -2.17. The van der Waals surface area contributed by atoms with Gasteiger partial charge < -0.3 is 5.32 Å². The summed E-state index contributed by atoms with van der Waals surface area (Å²) < 4.78 is 1.84. The standard InChI is InChI=1S/C18H19N5O3S/c1-12-6-7-13(11-15(12)23(25)26)18(24)19-14(8-10-27-2)17-21-20-16-5-3-4-9-22(16)17/h3-7,9,11,14H,8,10H2,1-2H3,(H,19,24). The zero-order valence-electron chi connectivity index (χ0n) is 15.0. The van der Waals surface area contributed by atoms with Gasteiger partial charge in [0.05, 0.1) is 11.0 Å². The van der Waals surface area contributed by atoms with E-state index in [4.69, 9.17) is 0 Å². The maximum Gasteiger partial charge on any atom is 0.273 e. The number of rotatable bonds is 7. The molecule has 27 heavy (non-hydrogen) atoms. The number of aromatic nitrogens is 3. The van der Waals surface area contributed by atoms with Crippen molar-refractivity contribution in [2.24, 2.45) is 0 Å². The van der Waals surface area contributed by atoms with Gasteiger partial charge >= 0.3 is 0 Å². The lowest BCUT2D eigenvalue weighted by atomic mass is 10.1. The van der Waals surface area contributed by atoms with Gasteiger partial charge in [-0.3, -0.25) is 19.3 Å². The van der Waals surface area contributed by atoms with Crippen LogP contribution in [-0.2, 0) is 0 Å². The number of fused-ring (bicyclic) bond motifs is 1. The first kappa shape index (κ1) is 18.8. The first-order valence-electron chi connectivity index (χ1n) is 8.35. The van der Waals surface area contributed by atoms with Crippen molar-refractivity contribution in [3.8, 4) is 0 Å². The van der Waals surface area contributed by atoms with E-state index in [1.54, 1.807) is 30.8 Å². The molecule has 1 atom stereocenters. The van der Waals surface area contributed by atoms with Crippen LogP contribution >= 0.6 is 11.8 Å². The zero-order valence-corrected chi connectivity index (χ0v) is 15.8. The Kier molecular flexibility index (Phi) is 5.70. The summed E-state index contributed by atoms with van der Waals surface area (Å²) in [7, 11) is 0. The van der Waals surface area contributed by atoms with Crippen molar-refractivity contribution in [2.45, 2.75) is 19.4 Å². The number of aryl methyl sites for hydroxylation is 1. The summed E-state index contributed by atoms with van der Waals surface area (Å²) in [5.74, 6) is 1.08. The Balaban J connectivity index is 1.90. The molecule has 0 aliphatic heterocycles. The van der Waals surface area contributed by atoms with Crippen LogP contribution in [0, 0.1) is 17.0 Å². The molecule has 2 aromatic heterocycles. The number of nitro benzene ring substituents is 1. The molecule has 3 rings (SSSR count). The molecule has 0 aliphatic carbocycles. The van der Waals surface area contributed by atoms with E-state index < -0.39 is 4.92 Å². The van der Waals surface area contributed by atoms with Crippen LogP contribution in [0.4, 0.5) is 5.69 Å². The minimum atomic E-state index is -0.483. The van der Waals surface area contributed by atoms with Gasteiger partial charge in [0.2, 0.25) is 0 Å². The molecule has 0 spiro atoms. The van der Waals surface area contributed by atoms with Crippen LogP contribution < -0.4 is 5.32 Å². The number of carbonyl (C=O) groups is 1. The van der Waals surface area contributed by atoms with Gasteiger partial charge in [-0.2, -0.15) is 11.8 Å². The number of amides is 1. The number of carbonyl (C=O) groups excluding carboxylic acids is 1. The molecule has 9 heteroatoms. The second-order valence-corrected chi connectivity index (χ2v) is 7.04. The average molecular weight is 385 g/mol. The Bertz CT molecular complexity index is 988. The number of pyridine rings is 1. The summed E-state index contributed by atoms with van der Waals surface area (Å²) in [6.45, 7) is 1.64. The number of nitrogens with one attached hydrogen (secondary N) is 1. The Morgan fingerprint density at radius 3 is 2.89 bits per heavy atom. The van der Waals surface area contributed by atoms with Gasteiger partial charge in [0.1, 0.15) is 0 Å². The molecule has 1 unspecified atom stereocenters. The fraction of sp³-hybridized carbons (Fsp3) is 0.278. The van der Waals surface area contributed by atoms with Gasteiger partial charge in [-0.05, 0) is 43.6 Å². The number of nitrogens with zero attached hydrogens (tertiary/aromatic N) is 4. The normalized spacial score (nSPS) is 12.1. The van der Waals surface area contributed by atoms with Crippen LogP contribution in [0.5, 0.6) is 0 Å². The molecule has 0 aliphatic rings. The quantitative estimate of drug-likeness (QED) is 0.495. The van der Waals surface area contributed by atoms with E-state index in [2.05, 4.69) is 15.5 Å². The minimum absolute atomic E-state index is 0.0729. The van der Waals surface area contributed by atoms with Gasteiger partial charge in [0.25, 0.3) is 11.6 Å². The first-order chi connectivity index (χ1) is 13.0. The highest BCUT2D eigenvalue weighted by Crippen LogP contribution is 2.22. The summed E-state index contributed by atoms with van der Waals surface area (Å²) in [5, 5.41) is 22.5. The van der Waals surface area contributed by atoms with E-state index in [0.717, 1.165) is 5.75 Å². The highest BCUT2D eigenvalue weighted by molar-refractivity contribution is 7.98. The number of hydrogen-bond acceptors (Lipinski definition) is 6. The summed E-state index contributed by atoms with van der Waals surface area (Å²) >= 11 is 1.67. The van der Waals surface area contributed by atoms with Crippen LogP contribution in [0.25, 0.3) is 5.65 Å². The maximum atomic E-state index is 12.7. The zero-order chi connectivity index (χ0) is 19.4. The summed E-state index contributed by atoms with van der Waals surface area (Å²) in [6, 6.07) is 9.70. The van der Waals surface area contributed by atoms with Crippen molar-refractivity contribution in [1.82, 2.24) is 19.9 Å². The van der Waals surface area contributed by atoms with Gasteiger partial charge in [-0.25, -0.2) is 0 Å². The van der Waals surface area contributed by atoms with Gasteiger partial charge in [0.15, 0.2) is 11.5 Å². The minimum Gasteiger partial charge on any atom is -0.342 e. The molecule has 0 saturated heterocycles. The van der Waals surface area contributed by atoms with Gasteiger partial charge in [-0.1, -0.05) is 12.1 Å². The molecule has 1 aromatic carbocycles. The molecule has 0 radical (unpaired) electrons. The van der Waals surface area contributed by atoms with Crippen LogP contribution in [0.1, 0.15) is 34.2 Å². The predicted molar refractivity (Wildman–Crippen MR) is 104 cm³/mol. The van der Waals surface area contributed by atoms with Crippen molar-refractivity contribution >= 4 is 29.0 Å². The molecular weight excluding hydrogens is 366 g/mol. The molecule has 140 valence electrons. The van der Waals surface area contributed by atoms with Gasteiger partial charge in [-0.15, -0.1) is 10.2 Å². The third-order valence-electron chi connectivity index (χ3n) is 4.24. The predicted octanol–water partition coefficient (Wildman–Crippen LogP) is 3.17. The topological polar surface area (TPSA) is 102 Å². The lowest BCUT2D eigenvalue weighted by Crippen LogP contribution is -2.30. The van der Waals surface area contributed by atoms with E-state index in [1.165, 1.54) is 6.07 Å². The molecule has 1 amide bonds. The van der Waals surface area contributed by atoms with Crippen LogP contribution in [-0.4, -0.2) is 37.4 Å². The van der Waals surface area contributed by atoms with E-state index in [-0.39, 0.29) is 23.2 Å². The summed E-state index contributed by atoms with van der Waals surface area (Å²) in [5.41, 5.74) is 1.38. The Labute approximate surface area is 160 Å². The Morgan fingerprint density at radius 2 is 2.15 bits per heavy atom. The fourth-order valence-electron chi connectivity index (χ4n) is 2.79. The van der Waals surface area contributed by atoms with Crippen molar-refractivity contribution in [3.05, 3.63) is 69.7 Å². The number of nitro groups is 1. The lowest BCUT2D eigenvalue weighted by molar-refractivity contribution is -0.385. The van der Waals surface area contributed by atoms with E-state index in [1.807, 2.05) is 35.1 Å². The molecule has 0 saturated carbocycles. The second-order valence-electron chi connectivity index (χ2n) is 6.05. The van der Waals surface area contributed by atoms with Crippen LogP contribution in [0.2, 0.25) is 0 Å². The molecule has 0 fully saturated rings. The molecule has 1 N–H and O–H groups in total. The summed E-state index contributed by atoms with van der Waals surface area (Å²) in [6.07, 6.45) is 4.50. The SMILES string of the molecule is CSCCC(NC(=O)c1ccc(C)c([N+](=O)[O-])c1)c1nnc2ccccn12. The largest absolute Gasteiger partial charge is 0.342 e. The third-order valence-corrected chi connectivity index (χ3v) is 4.88. The molecule has 3 aromatic rings. The van der Waals surface area contributed by atoms with Crippen molar-refractivity contribution in [3.63, 3.8) is 0 Å². The smallest absolute Gasteiger partial charge is 0.273 e. The number of hydrogen-bond donors (Lipinski definition) is 1. The van der Waals surface area contributed by atoms with Crippen LogP contribution in [0.3, 0.4) is 0 Å². The maximum absolute atomic E-state index is 12.7.